The second kappa shape index (κ2) is 8.32. The molecule has 1 saturated heterocycles. The Morgan fingerprint density at radius 2 is 1.97 bits per heavy atom. The summed E-state index contributed by atoms with van der Waals surface area (Å²) in [5.41, 5.74) is 9.11. The molecule has 2 aromatic rings. The molecule has 0 radical (unpaired) electrons. The first-order valence-corrected chi connectivity index (χ1v) is 12.1. The summed E-state index contributed by atoms with van der Waals surface area (Å²) in [5, 5.41) is 2.91. The zero-order valence-electron chi connectivity index (χ0n) is 17.4. The molecule has 1 fully saturated rings. The van der Waals surface area contributed by atoms with Gasteiger partial charge in [-0.15, -0.1) is 0 Å². The Morgan fingerprint density at radius 3 is 2.71 bits per heavy atom. The van der Waals surface area contributed by atoms with Gasteiger partial charge in [0.25, 0.3) is 5.91 Å². The van der Waals surface area contributed by atoms with Crippen LogP contribution in [0.25, 0.3) is 0 Å². The van der Waals surface area contributed by atoms with Gasteiger partial charge in [0.2, 0.25) is 15.9 Å². The number of anilines is 2. The van der Waals surface area contributed by atoms with Crippen molar-refractivity contribution in [3.05, 3.63) is 59.2 Å². The van der Waals surface area contributed by atoms with E-state index in [0.717, 1.165) is 30.5 Å². The molecule has 2 aliphatic heterocycles. The molecule has 1 unspecified atom stereocenters. The van der Waals surface area contributed by atoms with Gasteiger partial charge in [-0.2, -0.15) is 0 Å². The fourth-order valence-corrected chi connectivity index (χ4v) is 5.34. The fourth-order valence-electron chi connectivity index (χ4n) is 4.38. The van der Waals surface area contributed by atoms with Crippen molar-refractivity contribution in [2.24, 2.45) is 5.73 Å². The van der Waals surface area contributed by atoms with Crippen LogP contribution in [0.1, 0.15) is 34.3 Å². The molecule has 0 aromatic heterocycles. The Hall–Kier alpha value is -2.91. The minimum absolute atomic E-state index is 0.240. The van der Waals surface area contributed by atoms with Crippen molar-refractivity contribution in [1.29, 1.82) is 0 Å². The number of rotatable bonds is 6. The van der Waals surface area contributed by atoms with E-state index in [4.69, 9.17) is 5.73 Å². The van der Waals surface area contributed by atoms with Crippen molar-refractivity contribution >= 4 is 33.2 Å². The van der Waals surface area contributed by atoms with Gasteiger partial charge in [-0.25, -0.2) is 8.42 Å². The lowest BCUT2D eigenvalue weighted by Gasteiger charge is -2.22. The van der Waals surface area contributed by atoms with Crippen molar-refractivity contribution in [2.75, 3.05) is 29.0 Å². The van der Waals surface area contributed by atoms with Crippen LogP contribution in [0, 0.1) is 0 Å². The van der Waals surface area contributed by atoms with Crippen molar-refractivity contribution < 1.29 is 18.0 Å². The SMILES string of the molecule is CS(=O)(=O)N1CCc2cc(C(=O)Nc3cccc(CN4CCCC4C(N)=O)c3)ccc21. The molecule has 0 saturated carbocycles. The molecule has 0 spiro atoms. The number of sulfonamides is 1. The number of amides is 2. The number of nitrogens with zero attached hydrogens (tertiary/aromatic N) is 2. The summed E-state index contributed by atoms with van der Waals surface area (Å²) in [6.45, 7) is 1.81. The van der Waals surface area contributed by atoms with Gasteiger partial charge < -0.3 is 11.1 Å². The standard InChI is InChI=1S/C22H26N4O4S/c1-31(29,30)26-11-9-16-13-17(7-8-19(16)26)22(28)24-18-5-2-4-15(12-18)14-25-10-3-6-20(25)21(23)27/h2,4-5,7-8,12-13,20H,3,6,9-11,14H2,1H3,(H2,23,27)(H,24,28). The molecule has 4 rings (SSSR count). The zero-order chi connectivity index (χ0) is 22.2. The van der Waals surface area contributed by atoms with E-state index >= 15 is 0 Å². The summed E-state index contributed by atoms with van der Waals surface area (Å²) in [6, 6.07) is 12.4. The first kappa shape index (κ1) is 21.3. The van der Waals surface area contributed by atoms with Gasteiger partial charge in [0.05, 0.1) is 18.0 Å². The lowest BCUT2D eigenvalue weighted by atomic mass is 10.1. The second-order valence-electron chi connectivity index (χ2n) is 8.11. The molecule has 2 heterocycles. The van der Waals surface area contributed by atoms with Gasteiger partial charge in [-0.1, -0.05) is 12.1 Å². The molecule has 3 N–H and O–H groups in total. The Bertz CT molecular complexity index is 1130. The molecule has 164 valence electrons. The zero-order valence-corrected chi connectivity index (χ0v) is 18.2. The largest absolute Gasteiger partial charge is 0.368 e. The van der Waals surface area contributed by atoms with Crippen molar-refractivity contribution in [2.45, 2.75) is 31.8 Å². The number of primary amides is 1. The van der Waals surface area contributed by atoms with Crippen LogP contribution in [0.3, 0.4) is 0 Å². The van der Waals surface area contributed by atoms with Gasteiger partial charge in [0, 0.05) is 24.3 Å². The molecule has 31 heavy (non-hydrogen) atoms. The van der Waals surface area contributed by atoms with Crippen LogP contribution in [0.4, 0.5) is 11.4 Å². The molecule has 1 atom stereocenters. The third-order valence-electron chi connectivity index (χ3n) is 5.86. The smallest absolute Gasteiger partial charge is 0.255 e. The summed E-state index contributed by atoms with van der Waals surface area (Å²) in [6.07, 6.45) is 3.49. The lowest BCUT2D eigenvalue weighted by molar-refractivity contribution is -0.122. The summed E-state index contributed by atoms with van der Waals surface area (Å²) in [7, 11) is -3.32. The molecule has 2 aliphatic rings. The maximum Gasteiger partial charge on any atom is 0.255 e. The van der Waals surface area contributed by atoms with Crippen LogP contribution in [-0.2, 0) is 27.8 Å². The highest BCUT2D eigenvalue weighted by Crippen LogP contribution is 2.31. The lowest BCUT2D eigenvalue weighted by Crippen LogP contribution is -2.39. The van der Waals surface area contributed by atoms with E-state index in [1.807, 2.05) is 24.3 Å². The Labute approximate surface area is 182 Å². The highest BCUT2D eigenvalue weighted by atomic mass is 32.2. The van der Waals surface area contributed by atoms with Gasteiger partial charge in [0.1, 0.15) is 0 Å². The van der Waals surface area contributed by atoms with Crippen molar-refractivity contribution in [1.82, 2.24) is 4.90 Å². The maximum absolute atomic E-state index is 12.8. The highest BCUT2D eigenvalue weighted by Gasteiger charge is 2.29. The molecule has 0 aliphatic carbocycles. The Kier molecular flexibility index (Phi) is 5.72. The van der Waals surface area contributed by atoms with E-state index in [1.54, 1.807) is 18.2 Å². The Morgan fingerprint density at radius 1 is 1.16 bits per heavy atom. The number of benzene rings is 2. The molecule has 9 heteroatoms. The van der Waals surface area contributed by atoms with Crippen LogP contribution in [0.15, 0.2) is 42.5 Å². The first-order valence-electron chi connectivity index (χ1n) is 10.3. The number of hydrogen-bond donors (Lipinski definition) is 2. The normalized spacial score (nSPS) is 18.7. The molecular weight excluding hydrogens is 416 g/mol. The first-order chi connectivity index (χ1) is 14.7. The van der Waals surface area contributed by atoms with Crippen LogP contribution in [-0.4, -0.2) is 50.5 Å². The minimum atomic E-state index is -3.32. The third kappa shape index (κ3) is 4.57. The quantitative estimate of drug-likeness (QED) is 0.707. The van der Waals surface area contributed by atoms with Crippen LogP contribution >= 0.6 is 0 Å². The fraction of sp³-hybridized carbons (Fsp3) is 0.364. The Balaban J connectivity index is 1.46. The van der Waals surface area contributed by atoms with E-state index in [-0.39, 0.29) is 17.9 Å². The topological polar surface area (TPSA) is 113 Å². The average Bonchev–Trinajstić information content (AvgIpc) is 3.34. The average molecular weight is 443 g/mol. The van der Waals surface area contributed by atoms with Gasteiger partial charge in [-0.05, 0) is 67.3 Å². The molecule has 2 aromatic carbocycles. The summed E-state index contributed by atoms with van der Waals surface area (Å²) >= 11 is 0. The monoisotopic (exact) mass is 442 g/mol. The molecule has 2 amide bonds. The van der Waals surface area contributed by atoms with E-state index in [2.05, 4.69) is 10.2 Å². The predicted molar refractivity (Wildman–Crippen MR) is 119 cm³/mol. The van der Waals surface area contributed by atoms with E-state index in [9.17, 15) is 18.0 Å². The van der Waals surface area contributed by atoms with Crippen molar-refractivity contribution in [3.8, 4) is 0 Å². The van der Waals surface area contributed by atoms with Gasteiger partial charge in [0.15, 0.2) is 0 Å². The predicted octanol–water partition coefficient (Wildman–Crippen LogP) is 1.71. The maximum atomic E-state index is 12.8. The number of likely N-dealkylation sites (tertiary alicyclic amines) is 1. The second-order valence-corrected chi connectivity index (χ2v) is 10.0. The minimum Gasteiger partial charge on any atom is -0.368 e. The third-order valence-corrected chi connectivity index (χ3v) is 7.04. The molecule has 8 nitrogen and oxygen atoms in total. The highest BCUT2D eigenvalue weighted by molar-refractivity contribution is 7.92. The van der Waals surface area contributed by atoms with E-state index < -0.39 is 10.0 Å². The molecule has 0 bridgehead atoms. The van der Waals surface area contributed by atoms with E-state index in [0.29, 0.717) is 36.4 Å². The van der Waals surface area contributed by atoms with Crippen LogP contribution in [0.2, 0.25) is 0 Å². The van der Waals surface area contributed by atoms with Crippen LogP contribution < -0.4 is 15.4 Å². The van der Waals surface area contributed by atoms with E-state index in [1.165, 1.54) is 10.6 Å². The number of hydrogen-bond acceptors (Lipinski definition) is 5. The van der Waals surface area contributed by atoms with Gasteiger partial charge >= 0.3 is 0 Å². The number of carbonyl (C=O) groups excluding carboxylic acids is 2. The summed E-state index contributed by atoms with van der Waals surface area (Å²) in [5.74, 6) is -0.554. The number of carbonyl (C=O) groups is 2. The van der Waals surface area contributed by atoms with Crippen molar-refractivity contribution in [3.63, 3.8) is 0 Å². The molecular formula is C22H26N4O4S. The number of nitrogens with one attached hydrogen (secondary N) is 1. The summed E-state index contributed by atoms with van der Waals surface area (Å²) in [4.78, 5) is 26.5. The number of fused-ring (bicyclic) bond motifs is 1. The van der Waals surface area contributed by atoms with Gasteiger partial charge in [-0.3, -0.25) is 18.8 Å². The van der Waals surface area contributed by atoms with Crippen LogP contribution in [0.5, 0.6) is 0 Å². The summed E-state index contributed by atoms with van der Waals surface area (Å²) < 4.78 is 25.1. The number of nitrogens with two attached hydrogens (primary N) is 1.